The van der Waals surface area contributed by atoms with E-state index in [4.69, 9.17) is 37.0 Å². The van der Waals surface area contributed by atoms with E-state index >= 15 is 0 Å². The number of rotatable bonds is 66. The highest BCUT2D eigenvalue weighted by Crippen LogP contribution is 2.45. The summed E-state index contributed by atoms with van der Waals surface area (Å²) in [6, 6.07) is 0. The molecule has 0 saturated heterocycles. The molecule has 0 saturated carbocycles. The first kappa shape index (κ1) is 88.0. The number of aliphatic hydroxyl groups is 1. The fourth-order valence-electron chi connectivity index (χ4n) is 9.25. The summed E-state index contributed by atoms with van der Waals surface area (Å²) in [4.78, 5) is 72.5. The molecule has 0 aliphatic rings. The van der Waals surface area contributed by atoms with Gasteiger partial charge in [0.2, 0.25) is 0 Å². The maximum atomic E-state index is 13.0. The monoisotopic (exact) mass is 1340 g/mol. The van der Waals surface area contributed by atoms with E-state index in [2.05, 4.69) is 101 Å². The summed E-state index contributed by atoms with van der Waals surface area (Å²) in [6.45, 7) is 4.49. The first-order chi connectivity index (χ1) is 44.7. The van der Waals surface area contributed by atoms with Crippen molar-refractivity contribution < 1.29 is 80.2 Å². The van der Waals surface area contributed by atoms with E-state index in [0.29, 0.717) is 25.7 Å². The van der Waals surface area contributed by atoms with Crippen LogP contribution >= 0.6 is 15.6 Å². The van der Waals surface area contributed by atoms with Crippen molar-refractivity contribution in [2.45, 2.75) is 303 Å². The van der Waals surface area contributed by atoms with Crippen LogP contribution in [0, 0.1) is 0 Å². The summed E-state index contributed by atoms with van der Waals surface area (Å²) in [5.74, 6) is -2.33. The van der Waals surface area contributed by atoms with Crippen LogP contribution < -0.4 is 0 Å². The Bertz CT molecular complexity index is 2130. The van der Waals surface area contributed by atoms with Gasteiger partial charge in [0, 0.05) is 19.3 Å². The average molecular weight is 1340 g/mol. The van der Waals surface area contributed by atoms with Crippen LogP contribution in [-0.2, 0) is 65.4 Å². The number of aliphatic hydroxyl groups excluding tert-OH is 1. The molecule has 0 bridgehead atoms. The van der Waals surface area contributed by atoms with Crippen molar-refractivity contribution in [3.63, 3.8) is 0 Å². The summed E-state index contributed by atoms with van der Waals surface area (Å²) in [5, 5.41) is 10.6. The highest BCUT2D eigenvalue weighted by molar-refractivity contribution is 7.47. The summed E-state index contributed by atoms with van der Waals surface area (Å²) in [5.41, 5.74) is 0. The molecule has 3 N–H and O–H groups in total. The molecule has 92 heavy (non-hydrogen) atoms. The molecule has 0 heterocycles. The Hall–Kier alpha value is -4.02. The third-order valence-electron chi connectivity index (χ3n) is 14.6. The Morgan fingerprint density at radius 1 is 0.326 bits per heavy atom. The summed E-state index contributed by atoms with van der Waals surface area (Å²) in [6.07, 6.45) is 66.0. The number of ether oxygens (including phenoxy) is 4. The number of esters is 4. The molecule has 0 fully saturated rings. The molecular weight excluding hydrogens is 1210 g/mol. The van der Waals surface area contributed by atoms with Gasteiger partial charge in [0.25, 0.3) is 0 Å². The van der Waals surface area contributed by atoms with Gasteiger partial charge in [-0.1, -0.05) is 273 Å². The van der Waals surface area contributed by atoms with E-state index in [9.17, 15) is 43.2 Å². The molecule has 5 atom stereocenters. The molecule has 0 aliphatic carbocycles. The summed E-state index contributed by atoms with van der Waals surface area (Å²) >= 11 is 0. The smallest absolute Gasteiger partial charge is 0.462 e. The number of hydrogen-bond acceptors (Lipinski definition) is 15. The second kappa shape index (κ2) is 65.6. The lowest BCUT2D eigenvalue weighted by Gasteiger charge is -2.21. The molecule has 0 aromatic rings. The van der Waals surface area contributed by atoms with Gasteiger partial charge in [-0.2, -0.15) is 0 Å². The molecule has 0 aromatic heterocycles. The van der Waals surface area contributed by atoms with Gasteiger partial charge in [-0.3, -0.25) is 37.3 Å². The average Bonchev–Trinajstić information content (AvgIpc) is 2.93. The molecule has 0 spiro atoms. The predicted molar refractivity (Wildman–Crippen MR) is 372 cm³/mol. The Morgan fingerprint density at radius 2 is 0.609 bits per heavy atom. The number of carbonyl (C=O) groups is 4. The minimum atomic E-state index is -4.99. The molecule has 530 valence electrons. The quantitative estimate of drug-likeness (QED) is 0.0169. The fraction of sp³-hybridized carbons (Fsp3) is 0.726. The van der Waals surface area contributed by atoms with Crippen LogP contribution in [0.5, 0.6) is 0 Å². The van der Waals surface area contributed by atoms with Crippen LogP contribution in [0.2, 0.25) is 0 Å². The zero-order chi connectivity index (χ0) is 67.5. The van der Waals surface area contributed by atoms with Crippen LogP contribution in [0.25, 0.3) is 0 Å². The third kappa shape index (κ3) is 64.7. The van der Waals surface area contributed by atoms with Crippen LogP contribution in [-0.4, -0.2) is 96.7 Å². The van der Waals surface area contributed by atoms with Crippen LogP contribution in [0.4, 0.5) is 0 Å². The van der Waals surface area contributed by atoms with Crippen molar-refractivity contribution in [3.05, 3.63) is 97.2 Å². The van der Waals surface area contributed by atoms with E-state index < -0.39 is 97.5 Å². The van der Waals surface area contributed by atoms with Gasteiger partial charge < -0.3 is 33.8 Å². The molecule has 0 radical (unpaired) electrons. The lowest BCUT2D eigenvalue weighted by atomic mass is 10.1. The fourth-order valence-corrected chi connectivity index (χ4v) is 10.8. The SMILES string of the molecule is CC/C=C\C/C=C\C/C=C\C/C=C\C/C=C\CC(=O)OCC(COP(=O)(O)OCC(O)COP(=O)(O)OCC(COC(=O)CCCCCCCCCCCCC)OC(=O)CCCCCCCCCCCCC)OC(=O)CCCCCCC/C=C\C/C=C\C/C=C\CC. The summed E-state index contributed by atoms with van der Waals surface area (Å²) < 4.78 is 68.1. The second-order valence-corrected chi connectivity index (χ2v) is 26.4. The van der Waals surface area contributed by atoms with Gasteiger partial charge in [-0.15, -0.1) is 0 Å². The van der Waals surface area contributed by atoms with E-state index in [0.717, 1.165) is 122 Å². The maximum absolute atomic E-state index is 13.0. The topological polar surface area (TPSA) is 237 Å². The second-order valence-electron chi connectivity index (χ2n) is 23.4. The van der Waals surface area contributed by atoms with Crippen molar-refractivity contribution in [1.29, 1.82) is 0 Å². The highest BCUT2D eigenvalue weighted by atomic mass is 31.2. The standard InChI is InChI=1S/C73H126O17P2/c1-5-9-13-17-21-25-29-31-33-35-39-42-46-50-54-58-71(76)84-64-69(90-73(78)60-56-52-48-44-40-36-34-32-30-26-22-18-14-10-6-2)66-88-92(81,82)86-62-67(74)61-85-91(79,80)87-65-68(89-72(77)59-55-51-47-43-38-28-24-20-16-12-8-4)63-83-70(75)57-53-49-45-41-37-27-23-19-15-11-7-3/h9-10,13-14,21-22,25-26,31-34,39,42,50,54,67-69,74H,5-8,11-12,15-20,23-24,27-30,35-38,40-41,43-49,51-53,55-66H2,1-4H3,(H,79,80)(H,81,82)/b13-9-,14-10-,25-21-,26-22-,33-31-,34-32-,42-39-,54-50-. The van der Waals surface area contributed by atoms with Gasteiger partial charge in [-0.05, 0) is 83.5 Å². The van der Waals surface area contributed by atoms with Gasteiger partial charge >= 0.3 is 39.5 Å². The molecule has 17 nitrogen and oxygen atoms in total. The van der Waals surface area contributed by atoms with Crippen LogP contribution in [0.15, 0.2) is 97.2 Å². The van der Waals surface area contributed by atoms with Gasteiger partial charge in [-0.25, -0.2) is 9.13 Å². The largest absolute Gasteiger partial charge is 0.472 e. The minimum Gasteiger partial charge on any atom is -0.462 e. The molecule has 5 unspecified atom stereocenters. The first-order valence-corrected chi connectivity index (χ1v) is 38.5. The van der Waals surface area contributed by atoms with Gasteiger partial charge in [0.1, 0.15) is 19.3 Å². The predicted octanol–water partition coefficient (Wildman–Crippen LogP) is 19.7. The summed E-state index contributed by atoms with van der Waals surface area (Å²) in [7, 11) is -9.96. The third-order valence-corrected chi connectivity index (χ3v) is 16.5. The molecule has 0 rings (SSSR count). The van der Waals surface area contributed by atoms with Crippen molar-refractivity contribution in [2.75, 3.05) is 39.6 Å². The lowest BCUT2D eigenvalue weighted by Crippen LogP contribution is -2.30. The Morgan fingerprint density at radius 3 is 0.967 bits per heavy atom. The van der Waals surface area contributed by atoms with E-state index in [1.54, 1.807) is 6.08 Å². The van der Waals surface area contributed by atoms with Crippen molar-refractivity contribution >= 4 is 39.5 Å². The number of unbranched alkanes of at least 4 members (excludes halogenated alkanes) is 25. The number of phosphoric acid groups is 2. The van der Waals surface area contributed by atoms with Crippen molar-refractivity contribution in [1.82, 2.24) is 0 Å². The van der Waals surface area contributed by atoms with Gasteiger partial charge in [0.15, 0.2) is 12.2 Å². The first-order valence-electron chi connectivity index (χ1n) is 35.5. The van der Waals surface area contributed by atoms with Gasteiger partial charge in [0.05, 0.1) is 32.8 Å². The van der Waals surface area contributed by atoms with E-state index in [1.165, 1.54) is 83.5 Å². The zero-order valence-electron chi connectivity index (χ0n) is 57.4. The number of phosphoric ester groups is 2. The minimum absolute atomic E-state index is 0.0559. The van der Waals surface area contributed by atoms with Crippen LogP contribution in [0.1, 0.15) is 285 Å². The van der Waals surface area contributed by atoms with E-state index in [1.807, 2.05) is 18.2 Å². The van der Waals surface area contributed by atoms with Crippen molar-refractivity contribution in [3.8, 4) is 0 Å². The lowest BCUT2D eigenvalue weighted by molar-refractivity contribution is -0.161. The number of allylic oxidation sites excluding steroid dienone is 15. The van der Waals surface area contributed by atoms with Crippen molar-refractivity contribution in [2.24, 2.45) is 0 Å². The molecular formula is C73H126O17P2. The van der Waals surface area contributed by atoms with Crippen LogP contribution in [0.3, 0.4) is 0 Å². The zero-order valence-corrected chi connectivity index (χ0v) is 59.2. The Labute approximate surface area is 557 Å². The number of hydrogen-bond donors (Lipinski definition) is 3. The number of carbonyl (C=O) groups excluding carboxylic acids is 4. The van der Waals surface area contributed by atoms with E-state index in [-0.39, 0.29) is 25.7 Å². The molecule has 0 amide bonds. The Balaban J connectivity index is 5.40. The molecule has 0 aromatic carbocycles. The Kier molecular flexibility index (Phi) is 62.8. The molecule has 0 aliphatic heterocycles. The maximum Gasteiger partial charge on any atom is 0.472 e. The normalized spacial score (nSPS) is 14.6. The molecule has 19 heteroatoms. The highest BCUT2D eigenvalue weighted by Gasteiger charge is 2.30.